The van der Waals surface area contributed by atoms with Gasteiger partial charge in [-0.15, -0.1) is 0 Å². The number of rotatable bonds is 5. The minimum Gasteiger partial charge on any atom is -0.394 e. The van der Waals surface area contributed by atoms with Gasteiger partial charge in [0, 0.05) is 24.4 Å². The normalized spacial score (nSPS) is 22.0. The van der Waals surface area contributed by atoms with E-state index in [4.69, 9.17) is 0 Å². The van der Waals surface area contributed by atoms with Crippen molar-refractivity contribution in [1.82, 2.24) is 14.8 Å². The van der Waals surface area contributed by atoms with Crippen molar-refractivity contribution in [2.75, 3.05) is 19.7 Å². The smallest absolute Gasteiger partial charge is 0.242 e. The van der Waals surface area contributed by atoms with Crippen molar-refractivity contribution in [3.63, 3.8) is 0 Å². The van der Waals surface area contributed by atoms with Crippen molar-refractivity contribution in [2.24, 2.45) is 0 Å². The van der Waals surface area contributed by atoms with Crippen LogP contribution in [0.4, 0.5) is 0 Å². The van der Waals surface area contributed by atoms with Crippen LogP contribution in [-0.4, -0.2) is 63.5 Å². The number of hydrogen-bond acceptors (Lipinski definition) is 4. The SMILES string of the molecule is Cc1ccccc1-c1ccc([C@@H]2[C@@H](CO)N3C(=O)CN(C(=O)Cc4ccccn4)C[C@H]23)cc1. The maximum absolute atomic E-state index is 12.9. The lowest BCUT2D eigenvalue weighted by Gasteiger charge is -2.58. The van der Waals surface area contributed by atoms with Crippen LogP contribution in [0.25, 0.3) is 11.1 Å². The Kier molecular flexibility index (Phi) is 5.68. The standard InChI is InChI=1S/C27H27N3O3/c1-18-6-2-3-8-22(18)19-9-11-20(12-10-19)27-23-15-29(16-26(33)30(23)24(27)17-31)25(32)14-21-7-4-5-13-28-21/h2-13,23-24,27,31H,14-17H2,1H3/t23-,24-,27+/m1/s1. The molecule has 0 unspecified atom stereocenters. The fourth-order valence-electron chi connectivity index (χ4n) is 5.24. The Morgan fingerprint density at radius 3 is 2.52 bits per heavy atom. The second-order valence-electron chi connectivity index (χ2n) is 8.85. The Morgan fingerprint density at radius 2 is 1.82 bits per heavy atom. The number of carbonyl (C=O) groups is 2. The fraction of sp³-hybridized carbons (Fsp3) is 0.296. The number of pyridine rings is 1. The van der Waals surface area contributed by atoms with E-state index in [2.05, 4.69) is 48.3 Å². The summed E-state index contributed by atoms with van der Waals surface area (Å²) in [6.07, 6.45) is 1.85. The van der Waals surface area contributed by atoms with Gasteiger partial charge in [-0.1, -0.05) is 54.6 Å². The molecule has 5 rings (SSSR count). The number of aryl methyl sites for hydroxylation is 1. The molecule has 3 heterocycles. The molecule has 0 spiro atoms. The molecule has 2 aliphatic heterocycles. The second-order valence-corrected chi connectivity index (χ2v) is 8.85. The first-order valence-corrected chi connectivity index (χ1v) is 11.3. The number of aliphatic hydroxyl groups excluding tert-OH is 1. The molecule has 0 bridgehead atoms. The zero-order valence-electron chi connectivity index (χ0n) is 18.6. The Morgan fingerprint density at radius 1 is 1.06 bits per heavy atom. The van der Waals surface area contributed by atoms with Crippen LogP contribution in [0.5, 0.6) is 0 Å². The van der Waals surface area contributed by atoms with Gasteiger partial charge in [-0.05, 0) is 41.3 Å². The molecule has 2 aromatic carbocycles. The number of aliphatic hydroxyl groups is 1. The number of benzene rings is 2. The van der Waals surface area contributed by atoms with Crippen LogP contribution < -0.4 is 0 Å². The van der Waals surface area contributed by atoms with Gasteiger partial charge >= 0.3 is 0 Å². The third kappa shape index (κ3) is 3.91. The average Bonchev–Trinajstić information content (AvgIpc) is 2.82. The molecule has 6 heteroatoms. The number of piperazine rings is 1. The van der Waals surface area contributed by atoms with Crippen LogP contribution in [0.15, 0.2) is 72.9 Å². The van der Waals surface area contributed by atoms with E-state index < -0.39 is 0 Å². The molecule has 33 heavy (non-hydrogen) atoms. The van der Waals surface area contributed by atoms with Crippen molar-refractivity contribution >= 4 is 11.8 Å². The highest BCUT2D eigenvalue weighted by atomic mass is 16.3. The highest BCUT2D eigenvalue weighted by molar-refractivity contribution is 5.88. The first kappa shape index (κ1) is 21.3. The van der Waals surface area contributed by atoms with Crippen LogP contribution in [0.2, 0.25) is 0 Å². The largest absolute Gasteiger partial charge is 0.394 e. The van der Waals surface area contributed by atoms with E-state index in [1.54, 1.807) is 16.0 Å². The molecule has 1 N–H and O–H groups in total. The van der Waals surface area contributed by atoms with Gasteiger partial charge < -0.3 is 14.9 Å². The van der Waals surface area contributed by atoms with Gasteiger partial charge in [-0.2, -0.15) is 0 Å². The predicted molar refractivity (Wildman–Crippen MR) is 125 cm³/mol. The quantitative estimate of drug-likeness (QED) is 0.661. The third-order valence-electron chi connectivity index (χ3n) is 6.92. The summed E-state index contributed by atoms with van der Waals surface area (Å²) in [5.41, 5.74) is 5.33. The molecular formula is C27H27N3O3. The van der Waals surface area contributed by atoms with E-state index in [1.165, 1.54) is 11.1 Å². The highest BCUT2D eigenvalue weighted by Gasteiger charge is 2.54. The number of amides is 2. The molecule has 0 radical (unpaired) electrons. The van der Waals surface area contributed by atoms with Crippen molar-refractivity contribution in [2.45, 2.75) is 31.3 Å². The second kappa shape index (κ2) is 8.79. The first-order valence-electron chi connectivity index (χ1n) is 11.3. The van der Waals surface area contributed by atoms with E-state index in [0.717, 1.165) is 11.1 Å². The summed E-state index contributed by atoms with van der Waals surface area (Å²) < 4.78 is 0. The minimum atomic E-state index is -0.250. The van der Waals surface area contributed by atoms with Crippen LogP contribution in [-0.2, 0) is 16.0 Å². The minimum absolute atomic E-state index is 0.00433. The molecule has 2 aliphatic rings. The molecule has 0 aliphatic carbocycles. The van der Waals surface area contributed by atoms with E-state index in [1.807, 2.05) is 30.3 Å². The number of aromatic nitrogens is 1. The zero-order valence-corrected chi connectivity index (χ0v) is 18.6. The van der Waals surface area contributed by atoms with Crippen LogP contribution in [0.1, 0.15) is 22.7 Å². The highest BCUT2D eigenvalue weighted by Crippen LogP contribution is 2.43. The van der Waals surface area contributed by atoms with Crippen LogP contribution in [0, 0.1) is 6.92 Å². The Balaban J connectivity index is 1.35. The topological polar surface area (TPSA) is 73.7 Å². The van der Waals surface area contributed by atoms with Crippen molar-refractivity contribution in [1.29, 1.82) is 0 Å². The number of hydrogen-bond donors (Lipinski definition) is 1. The Bertz CT molecular complexity index is 1160. The summed E-state index contributed by atoms with van der Waals surface area (Å²) in [4.78, 5) is 33.4. The molecule has 2 fully saturated rings. The lowest BCUT2D eigenvalue weighted by atomic mass is 9.73. The van der Waals surface area contributed by atoms with Crippen molar-refractivity contribution in [3.8, 4) is 11.1 Å². The molecule has 3 aromatic rings. The molecule has 0 saturated carbocycles. The number of fused-ring (bicyclic) bond motifs is 1. The number of nitrogens with zero attached hydrogens (tertiary/aromatic N) is 3. The number of carbonyl (C=O) groups excluding carboxylic acids is 2. The molecular weight excluding hydrogens is 414 g/mol. The Hall–Kier alpha value is -3.51. The molecule has 2 amide bonds. The zero-order chi connectivity index (χ0) is 22.9. The summed E-state index contributed by atoms with van der Waals surface area (Å²) >= 11 is 0. The van der Waals surface area contributed by atoms with Crippen LogP contribution in [0.3, 0.4) is 0 Å². The summed E-state index contributed by atoms with van der Waals surface area (Å²) in [5, 5.41) is 10.0. The fourth-order valence-corrected chi connectivity index (χ4v) is 5.24. The third-order valence-corrected chi connectivity index (χ3v) is 6.92. The summed E-state index contributed by atoms with van der Waals surface area (Å²) in [6.45, 7) is 2.53. The van der Waals surface area contributed by atoms with Gasteiger partial charge in [-0.25, -0.2) is 0 Å². The van der Waals surface area contributed by atoms with Gasteiger partial charge in [-0.3, -0.25) is 14.6 Å². The molecule has 168 valence electrons. The monoisotopic (exact) mass is 441 g/mol. The van der Waals surface area contributed by atoms with Gasteiger partial charge in [0.25, 0.3) is 0 Å². The van der Waals surface area contributed by atoms with E-state index in [-0.39, 0.29) is 49.4 Å². The lowest BCUT2D eigenvalue weighted by Crippen LogP contribution is -2.73. The van der Waals surface area contributed by atoms with E-state index in [9.17, 15) is 14.7 Å². The molecule has 2 saturated heterocycles. The van der Waals surface area contributed by atoms with E-state index >= 15 is 0 Å². The van der Waals surface area contributed by atoms with Gasteiger partial charge in [0.15, 0.2) is 0 Å². The lowest BCUT2D eigenvalue weighted by molar-refractivity contribution is -0.166. The summed E-state index contributed by atoms with van der Waals surface area (Å²) in [6, 6.07) is 21.8. The van der Waals surface area contributed by atoms with Crippen LogP contribution >= 0.6 is 0 Å². The van der Waals surface area contributed by atoms with Gasteiger partial charge in [0.2, 0.25) is 11.8 Å². The first-order chi connectivity index (χ1) is 16.1. The molecule has 3 atom stereocenters. The molecule has 6 nitrogen and oxygen atoms in total. The van der Waals surface area contributed by atoms with Crippen molar-refractivity contribution in [3.05, 3.63) is 89.7 Å². The summed E-state index contributed by atoms with van der Waals surface area (Å²) in [5.74, 6) is -0.203. The van der Waals surface area contributed by atoms with Crippen molar-refractivity contribution < 1.29 is 14.7 Å². The molecule has 1 aromatic heterocycles. The Labute approximate surface area is 193 Å². The maximum atomic E-state index is 12.9. The maximum Gasteiger partial charge on any atom is 0.242 e. The predicted octanol–water partition coefficient (Wildman–Crippen LogP) is 2.80. The van der Waals surface area contributed by atoms with Gasteiger partial charge in [0.05, 0.1) is 31.7 Å². The summed E-state index contributed by atoms with van der Waals surface area (Å²) in [7, 11) is 0. The average molecular weight is 442 g/mol. The van der Waals surface area contributed by atoms with Gasteiger partial charge in [0.1, 0.15) is 0 Å². The van der Waals surface area contributed by atoms with E-state index in [0.29, 0.717) is 12.2 Å².